The first kappa shape index (κ1) is 18.8. The van der Waals surface area contributed by atoms with Gasteiger partial charge < -0.3 is 15.2 Å². The summed E-state index contributed by atoms with van der Waals surface area (Å²) in [5, 5.41) is 10.7. The summed E-state index contributed by atoms with van der Waals surface area (Å²) in [6.07, 6.45) is -0.0338. The quantitative estimate of drug-likeness (QED) is 0.681. The van der Waals surface area contributed by atoms with Gasteiger partial charge in [-0.3, -0.25) is 14.4 Å². The fourth-order valence-corrected chi connectivity index (χ4v) is 3.59. The molecule has 134 valence electrons. The number of anilines is 1. The number of ether oxygens (including phenoxy) is 1. The van der Waals surface area contributed by atoms with Crippen molar-refractivity contribution in [3.63, 3.8) is 0 Å². The molecule has 1 aliphatic rings. The molecule has 1 saturated heterocycles. The van der Waals surface area contributed by atoms with Crippen molar-refractivity contribution in [3.05, 3.63) is 24.3 Å². The predicted octanol–water partition coefficient (Wildman–Crippen LogP) is 0.650. The highest BCUT2D eigenvalue weighted by atomic mass is 32.2. The summed E-state index contributed by atoms with van der Waals surface area (Å²) < 4.78 is 5.18. The number of hydrogen-bond donors (Lipinski definition) is 2. The number of carbonyl (C=O) groups is 4. The molecule has 0 radical (unpaired) electrons. The number of methoxy groups -OCH3 is 1. The van der Waals surface area contributed by atoms with Crippen LogP contribution >= 0.6 is 11.8 Å². The molecule has 0 aromatic heterocycles. The zero-order valence-electron chi connectivity index (χ0n) is 13.7. The van der Waals surface area contributed by atoms with E-state index in [2.05, 4.69) is 5.32 Å². The molecule has 3 amide bonds. The van der Waals surface area contributed by atoms with Crippen molar-refractivity contribution in [2.75, 3.05) is 17.8 Å². The van der Waals surface area contributed by atoms with Crippen LogP contribution in [0.3, 0.4) is 0 Å². The number of para-hydroxylation sites is 2. The minimum absolute atomic E-state index is 0.0155. The van der Waals surface area contributed by atoms with Gasteiger partial charge in [-0.15, -0.1) is 11.8 Å². The minimum atomic E-state index is -1.19. The highest BCUT2D eigenvalue weighted by Gasteiger charge is 2.41. The number of rotatable bonds is 7. The number of benzene rings is 1. The molecule has 1 aromatic rings. The van der Waals surface area contributed by atoms with Crippen molar-refractivity contribution in [3.8, 4) is 5.75 Å². The van der Waals surface area contributed by atoms with E-state index in [0.29, 0.717) is 11.4 Å². The number of carboxylic acids is 1. The number of imide groups is 1. The molecule has 0 bridgehead atoms. The van der Waals surface area contributed by atoms with E-state index < -0.39 is 29.1 Å². The summed E-state index contributed by atoms with van der Waals surface area (Å²) >= 11 is 1.04. The van der Waals surface area contributed by atoms with Gasteiger partial charge >= 0.3 is 5.97 Å². The van der Waals surface area contributed by atoms with E-state index in [4.69, 9.17) is 9.84 Å². The molecule has 2 rings (SSSR count). The van der Waals surface area contributed by atoms with Crippen LogP contribution in [0.5, 0.6) is 5.75 Å². The molecule has 0 saturated carbocycles. The Bertz CT molecular complexity index is 708. The maximum absolute atomic E-state index is 12.6. The summed E-state index contributed by atoms with van der Waals surface area (Å²) in [7, 11) is 1.45. The Morgan fingerprint density at radius 3 is 2.68 bits per heavy atom. The van der Waals surface area contributed by atoms with Crippen LogP contribution in [0.4, 0.5) is 5.69 Å². The van der Waals surface area contributed by atoms with E-state index in [-0.39, 0.29) is 18.1 Å². The molecule has 25 heavy (non-hydrogen) atoms. The second kappa shape index (κ2) is 8.02. The maximum Gasteiger partial charge on any atom is 0.327 e. The zero-order valence-corrected chi connectivity index (χ0v) is 14.5. The Kier molecular flexibility index (Phi) is 6.02. The second-order valence-electron chi connectivity index (χ2n) is 5.36. The Balaban J connectivity index is 2.10. The lowest BCUT2D eigenvalue weighted by Gasteiger charge is -2.18. The molecular weight excluding hydrogens is 348 g/mol. The Labute approximate surface area is 148 Å². The van der Waals surface area contributed by atoms with Crippen LogP contribution < -0.4 is 15.0 Å². The number of nitrogens with one attached hydrogen (secondary N) is 1. The summed E-state index contributed by atoms with van der Waals surface area (Å²) in [5.74, 6) is -2.09. The number of hydrogen-bond acceptors (Lipinski definition) is 6. The third kappa shape index (κ3) is 4.30. The first-order valence-corrected chi connectivity index (χ1v) is 8.51. The van der Waals surface area contributed by atoms with Gasteiger partial charge in [0.15, 0.2) is 0 Å². The van der Waals surface area contributed by atoms with Crippen molar-refractivity contribution >= 4 is 41.1 Å². The smallest absolute Gasteiger partial charge is 0.327 e. The minimum Gasteiger partial charge on any atom is -0.495 e. The lowest BCUT2D eigenvalue weighted by atomic mass is 10.2. The second-order valence-corrected chi connectivity index (χ2v) is 6.59. The fourth-order valence-electron chi connectivity index (χ4n) is 2.43. The monoisotopic (exact) mass is 366 g/mol. The molecule has 1 heterocycles. The number of thioether (sulfide) groups is 1. The first-order chi connectivity index (χ1) is 11.8. The number of amides is 3. The van der Waals surface area contributed by atoms with E-state index in [1.54, 1.807) is 24.3 Å². The van der Waals surface area contributed by atoms with Crippen LogP contribution in [0.15, 0.2) is 24.3 Å². The highest BCUT2D eigenvalue weighted by Crippen LogP contribution is 2.35. The van der Waals surface area contributed by atoms with Crippen molar-refractivity contribution in [2.24, 2.45) is 0 Å². The van der Waals surface area contributed by atoms with Gasteiger partial charge in [-0.1, -0.05) is 12.1 Å². The molecule has 1 fully saturated rings. The molecular formula is C16H18N2O6S. The predicted molar refractivity (Wildman–Crippen MR) is 91.6 cm³/mol. The highest BCUT2D eigenvalue weighted by molar-refractivity contribution is 8.00. The molecule has 0 spiro atoms. The van der Waals surface area contributed by atoms with Gasteiger partial charge in [-0.25, -0.2) is 9.69 Å². The third-order valence-corrected chi connectivity index (χ3v) is 4.87. The van der Waals surface area contributed by atoms with Crippen molar-refractivity contribution in [2.45, 2.75) is 24.6 Å². The molecule has 0 aliphatic carbocycles. The summed E-state index contributed by atoms with van der Waals surface area (Å²) in [6, 6.07) is 5.55. The van der Waals surface area contributed by atoms with Crippen LogP contribution in [0, 0.1) is 0 Å². The lowest BCUT2D eigenvalue weighted by molar-refractivity contribution is -0.140. The van der Waals surface area contributed by atoms with Gasteiger partial charge in [-0.05, 0) is 12.1 Å². The van der Waals surface area contributed by atoms with E-state index in [0.717, 1.165) is 16.7 Å². The standard InChI is InChI=1S/C16H18N2O6S/c1-9(19)17-10(16(22)23)8-25-13-7-14(20)18(15(13)21)11-5-3-4-6-12(11)24-2/h3-6,10,13H,7-8H2,1-2H3,(H,17,19)(H,22,23)/t10-,13+/m1/s1. The van der Waals surface area contributed by atoms with E-state index >= 15 is 0 Å². The van der Waals surface area contributed by atoms with Crippen molar-refractivity contribution < 1.29 is 29.0 Å². The lowest BCUT2D eigenvalue weighted by Crippen LogP contribution is -2.42. The molecule has 0 unspecified atom stereocenters. The van der Waals surface area contributed by atoms with Gasteiger partial charge in [0.1, 0.15) is 11.8 Å². The number of carboxylic acid groups (broad SMARTS) is 1. The van der Waals surface area contributed by atoms with Crippen LogP contribution in [0.25, 0.3) is 0 Å². The first-order valence-electron chi connectivity index (χ1n) is 7.46. The van der Waals surface area contributed by atoms with E-state index in [9.17, 15) is 19.2 Å². The molecule has 1 aliphatic heterocycles. The van der Waals surface area contributed by atoms with E-state index in [1.807, 2.05) is 0 Å². The van der Waals surface area contributed by atoms with Gasteiger partial charge in [0.2, 0.25) is 17.7 Å². The number of nitrogens with zero attached hydrogens (tertiary/aromatic N) is 1. The normalized spacial score (nSPS) is 18.2. The van der Waals surface area contributed by atoms with Crippen LogP contribution in [-0.4, -0.2) is 53.0 Å². The fraction of sp³-hybridized carbons (Fsp3) is 0.375. The number of aliphatic carboxylic acids is 1. The summed E-state index contributed by atoms with van der Waals surface area (Å²) in [5.41, 5.74) is 0.361. The summed E-state index contributed by atoms with van der Waals surface area (Å²) in [6.45, 7) is 1.22. The van der Waals surface area contributed by atoms with E-state index in [1.165, 1.54) is 14.0 Å². The van der Waals surface area contributed by atoms with Crippen molar-refractivity contribution in [1.29, 1.82) is 0 Å². The van der Waals surface area contributed by atoms with Crippen LogP contribution in [0.2, 0.25) is 0 Å². The van der Waals surface area contributed by atoms with Gasteiger partial charge in [0, 0.05) is 19.1 Å². The maximum atomic E-state index is 12.6. The molecule has 9 heteroatoms. The Morgan fingerprint density at radius 2 is 2.08 bits per heavy atom. The average Bonchev–Trinajstić information content (AvgIpc) is 2.84. The molecule has 8 nitrogen and oxygen atoms in total. The van der Waals surface area contributed by atoms with Gasteiger partial charge in [-0.2, -0.15) is 0 Å². The van der Waals surface area contributed by atoms with Crippen molar-refractivity contribution in [1.82, 2.24) is 5.32 Å². The van der Waals surface area contributed by atoms with Crippen LogP contribution in [0.1, 0.15) is 13.3 Å². The van der Waals surface area contributed by atoms with Crippen LogP contribution in [-0.2, 0) is 19.2 Å². The Hall–Kier alpha value is -2.55. The average molecular weight is 366 g/mol. The molecule has 1 aromatic carbocycles. The van der Waals surface area contributed by atoms with Gasteiger partial charge in [0.05, 0.1) is 18.0 Å². The zero-order chi connectivity index (χ0) is 18.6. The topological polar surface area (TPSA) is 113 Å². The Morgan fingerprint density at radius 1 is 1.40 bits per heavy atom. The third-order valence-electron chi connectivity index (χ3n) is 3.57. The largest absolute Gasteiger partial charge is 0.495 e. The molecule has 2 N–H and O–H groups in total. The molecule has 2 atom stereocenters. The SMILES string of the molecule is COc1ccccc1N1C(=O)C[C@H](SC[C@@H](NC(C)=O)C(=O)O)C1=O. The number of carbonyl (C=O) groups excluding carboxylic acids is 3. The van der Waals surface area contributed by atoms with Gasteiger partial charge in [0.25, 0.3) is 0 Å². The summed E-state index contributed by atoms with van der Waals surface area (Å²) in [4.78, 5) is 48.1.